The Hall–Kier alpha value is -1.55. The summed E-state index contributed by atoms with van der Waals surface area (Å²) in [5.41, 5.74) is 8.45. The van der Waals surface area contributed by atoms with E-state index in [1.165, 1.54) is 0 Å². The minimum Gasteiger partial charge on any atom is -0.398 e. The van der Waals surface area contributed by atoms with Crippen LogP contribution in [0, 0.1) is 0 Å². The van der Waals surface area contributed by atoms with Crippen molar-refractivity contribution in [1.82, 2.24) is 0 Å². The van der Waals surface area contributed by atoms with Gasteiger partial charge in [-0.2, -0.15) is 0 Å². The Morgan fingerprint density at radius 2 is 2.22 bits per heavy atom. The van der Waals surface area contributed by atoms with Crippen molar-refractivity contribution in [1.29, 1.82) is 0 Å². The fourth-order valence-corrected chi connectivity index (χ4v) is 1.67. The largest absolute Gasteiger partial charge is 0.398 e. The van der Waals surface area contributed by atoms with Crippen LogP contribution in [0.25, 0.3) is 0 Å². The van der Waals surface area contributed by atoms with Gasteiger partial charge in [0.15, 0.2) is 0 Å². The van der Waals surface area contributed by atoms with Crippen LogP contribution >= 0.6 is 0 Å². The molecule has 1 rings (SSSR count). The lowest BCUT2D eigenvalue weighted by Crippen LogP contribution is -2.15. The Labute approximate surface area is 109 Å². The molecular formula is C14H22N2O2. The average molecular weight is 250 g/mol. The summed E-state index contributed by atoms with van der Waals surface area (Å²) >= 11 is 0. The molecule has 0 fully saturated rings. The summed E-state index contributed by atoms with van der Waals surface area (Å²) in [4.78, 5) is 11.7. The second-order valence-corrected chi connectivity index (χ2v) is 4.40. The first-order valence-corrected chi connectivity index (χ1v) is 6.27. The molecule has 0 aromatic heterocycles. The van der Waals surface area contributed by atoms with Crippen LogP contribution in [0.4, 0.5) is 11.4 Å². The van der Waals surface area contributed by atoms with E-state index in [4.69, 9.17) is 10.5 Å². The van der Waals surface area contributed by atoms with Crippen LogP contribution in [0.2, 0.25) is 0 Å². The number of nitrogen functional groups attached to an aromatic ring is 1. The standard InChI is InChI=1S/C14H22N2O2/c1-4-11-6-7-12(9-13(11)15)16-14(17)8-5-10(2)18-3/h6-7,9-10H,4-5,8,15H2,1-3H3,(H,16,17). The maximum absolute atomic E-state index is 11.7. The van der Waals surface area contributed by atoms with E-state index in [9.17, 15) is 4.79 Å². The Kier molecular flexibility index (Phi) is 5.65. The highest BCUT2D eigenvalue weighted by Gasteiger charge is 2.07. The molecule has 18 heavy (non-hydrogen) atoms. The van der Waals surface area contributed by atoms with Gasteiger partial charge in [0.2, 0.25) is 5.91 Å². The number of ether oxygens (including phenoxy) is 1. The SMILES string of the molecule is CCc1ccc(NC(=O)CCC(C)OC)cc1N. The molecule has 0 aliphatic carbocycles. The maximum Gasteiger partial charge on any atom is 0.224 e. The molecule has 0 radical (unpaired) electrons. The molecule has 0 spiro atoms. The number of benzene rings is 1. The van der Waals surface area contributed by atoms with Gasteiger partial charge in [0, 0.05) is 24.9 Å². The molecule has 0 aliphatic rings. The average Bonchev–Trinajstić information content (AvgIpc) is 2.36. The summed E-state index contributed by atoms with van der Waals surface area (Å²) in [5.74, 6) is -0.0115. The molecule has 1 atom stereocenters. The van der Waals surface area contributed by atoms with Gasteiger partial charge in [-0.25, -0.2) is 0 Å². The number of nitrogens with two attached hydrogens (primary N) is 1. The van der Waals surface area contributed by atoms with Gasteiger partial charge in [-0.3, -0.25) is 4.79 Å². The first kappa shape index (κ1) is 14.5. The summed E-state index contributed by atoms with van der Waals surface area (Å²) in [6.07, 6.45) is 2.16. The minimum absolute atomic E-state index is 0.0115. The number of aryl methyl sites for hydroxylation is 1. The van der Waals surface area contributed by atoms with Crippen LogP contribution < -0.4 is 11.1 Å². The normalized spacial score (nSPS) is 12.2. The molecule has 100 valence electrons. The highest BCUT2D eigenvalue weighted by molar-refractivity contribution is 5.91. The third-order valence-corrected chi connectivity index (χ3v) is 2.99. The van der Waals surface area contributed by atoms with Crippen molar-refractivity contribution in [3.63, 3.8) is 0 Å². The summed E-state index contributed by atoms with van der Waals surface area (Å²) in [6.45, 7) is 4.00. The summed E-state index contributed by atoms with van der Waals surface area (Å²) < 4.78 is 5.10. The molecule has 0 heterocycles. The zero-order valence-corrected chi connectivity index (χ0v) is 11.3. The summed E-state index contributed by atoms with van der Waals surface area (Å²) in [7, 11) is 1.65. The third-order valence-electron chi connectivity index (χ3n) is 2.99. The van der Waals surface area contributed by atoms with Gasteiger partial charge in [-0.1, -0.05) is 13.0 Å². The van der Waals surface area contributed by atoms with Gasteiger partial charge in [-0.15, -0.1) is 0 Å². The fourth-order valence-electron chi connectivity index (χ4n) is 1.67. The Balaban J connectivity index is 2.52. The lowest BCUT2D eigenvalue weighted by molar-refractivity contribution is -0.116. The molecular weight excluding hydrogens is 228 g/mol. The van der Waals surface area contributed by atoms with E-state index in [-0.39, 0.29) is 12.0 Å². The molecule has 1 amide bonds. The van der Waals surface area contributed by atoms with Crippen molar-refractivity contribution in [2.24, 2.45) is 0 Å². The maximum atomic E-state index is 11.7. The summed E-state index contributed by atoms with van der Waals surface area (Å²) in [6, 6.07) is 5.63. The Morgan fingerprint density at radius 3 is 2.78 bits per heavy atom. The Morgan fingerprint density at radius 1 is 1.50 bits per heavy atom. The number of rotatable bonds is 6. The second-order valence-electron chi connectivity index (χ2n) is 4.40. The molecule has 4 heteroatoms. The van der Waals surface area contributed by atoms with Gasteiger partial charge in [0.25, 0.3) is 0 Å². The predicted octanol–water partition coefficient (Wildman–Crippen LogP) is 2.58. The van der Waals surface area contributed by atoms with Crippen molar-refractivity contribution < 1.29 is 9.53 Å². The van der Waals surface area contributed by atoms with E-state index >= 15 is 0 Å². The van der Waals surface area contributed by atoms with Gasteiger partial charge in [-0.05, 0) is 37.5 Å². The first-order chi connectivity index (χ1) is 8.56. The number of methoxy groups -OCH3 is 1. The number of hydrogen-bond acceptors (Lipinski definition) is 3. The van der Waals surface area contributed by atoms with Crippen LogP contribution in [0.5, 0.6) is 0 Å². The van der Waals surface area contributed by atoms with Gasteiger partial charge < -0.3 is 15.8 Å². The monoisotopic (exact) mass is 250 g/mol. The van der Waals surface area contributed by atoms with Crippen LogP contribution in [-0.2, 0) is 16.0 Å². The van der Waals surface area contributed by atoms with E-state index in [2.05, 4.69) is 12.2 Å². The molecule has 0 bridgehead atoms. The number of amides is 1. The van der Waals surface area contributed by atoms with E-state index < -0.39 is 0 Å². The van der Waals surface area contributed by atoms with E-state index in [1.54, 1.807) is 13.2 Å². The zero-order chi connectivity index (χ0) is 13.5. The van der Waals surface area contributed by atoms with Crippen LogP contribution in [0.1, 0.15) is 32.3 Å². The van der Waals surface area contributed by atoms with Crippen LogP contribution in [-0.4, -0.2) is 19.1 Å². The van der Waals surface area contributed by atoms with Crippen LogP contribution in [0.15, 0.2) is 18.2 Å². The lowest BCUT2D eigenvalue weighted by atomic mass is 10.1. The van der Waals surface area contributed by atoms with Crippen molar-refractivity contribution in [3.8, 4) is 0 Å². The number of hydrogen-bond donors (Lipinski definition) is 2. The quantitative estimate of drug-likeness (QED) is 0.763. The number of carbonyl (C=O) groups is 1. The number of nitrogens with one attached hydrogen (secondary N) is 1. The lowest BCUT2D eigenvalue weighted by Gasteiger charge is -2.10. The minimum atomic E-state index is -0.0115. The molecule has 4 nitrogen and oxygen atoms in total. The number of anilines is 2. The third kappa shape index (κ3) is 4.37. The second kappa shape index (κ2) is 7.01. The van der Waals surface area contributed by atoms with E-state index in [0.29, 0.717) is 12.8 Å². The molecule has 0 saturated heterocycles. The Bertz CT molecular complexity index is 405. The van der Waals surface area contributed by atoms with Crippen molar-refractivity contribution in [2.45, 2.75) is 39.2 Å². The van der Waals surface area contributed by atoms with Crippen molar-refractivity contribution in [3.05, 3.63) is 23.8 Å². The summed E-state index contributed by atoms with van der Waals surface area (Å²) in [5, 5.41) is 2.84. The van der Waals surface area contributed by atoms with E-state index in [0.717, 1.165) is 23.4 Å². The van der Waals surface area contributed by atoms with E-state index in [1.807, 2.05) is 19.1 Å². The highest BCUT2D eigenvalue weighted by Crippen LogP contribution is 2.18. The van der Waals surface area contributed by atoms with Gasteiger partial charge >= 0.3 is 0 Å². The van der Waals surface area contributed by atoms with Gasteiger partial charge in [0.05, 0.1) is 6.10 Å². The fraction of sp³-hybridized carbons (Fsp3) is 0.500. The van der Waals surface area contributed by atoms with Crippen LogP contribution in [0.3, 0.4) is 0 Å². The molecule has 1 aromatic rings. The topological polar surface area (TPSA) is 64.3 Å². The van der Waals surface area contributed by atoms with Gasteiger partial charge in [0.1, 0.15) is 0 Å². The molecule has 0 aliphatic heterocycles. The number of carbonyl (C=O) groups excluding carboxylic acids is 1. The predicted molar refractivity (Wildman–Crippen MR) is 74.6 cm³/mol. The zero-order valence-electron chi connectivity index (χ0n) is 11.3. The molecule has 3 N–H and O–H groups in total. The first-order valence-electron chi connectivity index (χ1n) is 6.27. The molecule has 1 aromatic carbocycles. The van der Waals surface area contributed by atoms with Crippen molar-refractivity contribution in [2.75, 3.05) is 18.2 Å². The highest BCUT2D eigenvalue weighted by atomic mass is 16.5. The smallest absolute Gasteiger partial charge is 0.224 e. The molecule has 1 unspecified atom stereocenters. The molecule has 0 saturated carbocycles. The van der Waals surface area contributed by atoms with Crippen molar-refractivity contribution >= 4 is 17.3 Å².